The fraction of sp³-hybridized carbons (Fsp3) is 0.212. The second-order valence-electron chi connectivity index (χ2n) is 10.4. The summed E-state index contributed by atoms with van der Waals surface area (Å²) >= 11 is 1.41. The smallest absolute Gasteiger partial charge is 0.246 e. The molecule has 0 radical (unpaired) electrons. The van der Waals surface area contributed by atoms with E-state index in [9.17, 15) is 14.0 Å². The molecule has 0 saturated carbocycles. The van der Waals surface area contributed by atoms with Gasteiger partial charge in [0.15, 0.2) is 0 Å². The van der Waals surface area contributed by atoms with Crippen LogP contribution in [0.1, 0.15) is 24.2 Å². The van der Waals surface area contributed by atoms with E-state index in [-0.39, 0.29) is 35.6 Å². The summed E-state index contributed by atoms with van der Waals surface area (Å²) in [6.45, 7) is 6.46. The average molecular weight is 614 g/mol. The molecule has 1 aliphatic heterocycles. The zero-order valence-corrected chi connectivity index (χ0v) is 25.2. The van der Waals surface area contributed by atoms with E-state index in [2.05, 4.69) is 11.9 Å². The van der Waals surface area contributed by atoms with E-state index in [1.54, 1.807) is 11.9 Å². The molecule has 1 aliphatic rings. The maximum absolute atomic E-state index is 15.7. The molecule has 4 heterocycles. The van der Waals surface area contributed by atoms with Crippen molar-refractivity contribution < 1.29 is 23.1 Å². The van der Waals surface area contributed by atoms with Crippen LogP contribution in [-0.4, -0.2) is 52.2 Å². The van der Waals surface area contributed by atoms with Crippen molar-refractivity contribution in [1.29, 1.82) is 0 Å². The van der Waals surface area contributed by atoms with Crippen LogP contribution in [0.15, 0.2) is 66.6 Å². The minimum Gasteiger partial charge on any atom is -0.496 e. The molecule has 2 aromatic carbocycles. The highest BCUT2D eigenvalue weighted by Crippen LogP contribution is 2.47. The summed E-state index contributed by atoms with van der Waals surface area (Å²) in [5, 5.41) is 10.2. The number of ether oxygens (including phenoxy) is 1. The Morgan fingerprint density at radius 1 is 1.11 bits per heavy atom. The van der Waals surface area contributed by atoms with Gasteiger partial charge in [-0.3, -0.25) is 14.3 Å². The largest absolute Gasteiger partial charge is 0.496 e. The molecular formula is C33H29F2N5O3S. The number of rotatable bonds is 7. The number of pyridine rings is 1. The Kier molecular flexibility index (Phi) is 7.73. The van der Waals surface area contributed by atoms with E-state index < -0.39 is 11.6 Å². The minimum atomic E-state index is -0.786. The lowest BCUT2D eigenvalue weighted by Gasteiger charge is -2.33. The predicted molar refractivity (Wildman–Crippen MR) is 166 cm³/mol. The summed E-state index contributed by atoms with van der Waals surface area (Å²) in [4.78, 5) is 31.3. The highest BCUT2D eigenvalue weighted by atomic mass is 32.1. The molecule has 1 N–H and O–H groups in total. The summed E-state index contributed by atoms with van der Waals surface area (Å²) in [6, 6.07) is 13.0. The first-order chi connectivity index (χ1) is 21.2. The number of thiophene rings is 1. The van der Waals surface area contributed by atoms with Crippen LogP contribution in [0.4, 0.5) is 8.78 Å². The van der Waals surface area contributed by atoms with Gasteiger partial charge in [-0.05, 0) is 36.1 Å². The van der Waals surface area contributed by atoms with Gasteiger partial charge < -0.3 is 15.0 Å². The topological polar surface area (TPSA) is 89.4 Å². The second-order valence-corrected chi connectivity index (χ2v) is 11.4. The summed E-state index contributed by atoms with van der Waals surface area (Å²) in [7, 11) is 2.96. The summed E-state index contributed by atoms with van der Waals surface area (Å²) in [5.41, 5.74) is 4.48. The van der Waals surface area contributed by atoms with Crippen molar-refractivity contribution in [1.82, 2.24) is 25.0 Å². The number of halogens is 2. The number of amides is 2. The van der Waals surface area contributed by atoms with Crippen molar-refractivity contribution in [3.63, 3.8) is 0 Å². The number of nitrogens with zero attached hydrogens (tertiary/aromatic N) is 4. The monoisotopic (exact) mass is 613 g/mol. The lowest BCUT2D eigenvalue weighted by atomic mass is 9.96. The second kappa shape index (κ2) is 11.6. The van der Waals surface area contributed by atoms with Crippen LogP contribution < -0.4 is 10.1 Å². The van der Waals surface area contributed by atoms with E-state index in [1.165, 1.54) is 24.5 Å². The SMILES string of the molecule is C=CC(=O)N1CCn2nc(-c3nc(-c4ccc(CC(=O)NC)cc4)c4ccsc4c3-c3c(F)cc(F)cc3OC)cc2C1C. The molecule has 6 rings (SSSR count). The van der Waals surface area contributed by atoms with Crippen molar-refractivity contribution in [2.24, 2.45) is 0 Å². The molecule has 3 aromatic heterocycles. The fourth-order valence-corrected chi connectivity index (χ4v) is 6.65. The number of carbonyl (C=O) groups excluding carboxylic acids is 2. The molecule has 224 valence electrons. The van der Waals surface area contributed by atoms with Gasteiger partial charge in [0.05, 0.1) is 43.1 Å². The highest BCUT2D eigenvalue weighted by molar-refractivity contribution is 7.18. The number of carbonyl (C=O) groups is 2. The van der Waals surface area contributed by atoms with Crippen LogP contribution in [0.3, 0.4) is 0 Å². The van der Waals surface area contributed by atoms with E-state index in [0.29, 0.717) is 35.7 Å². The van der Waals surface area contributed by atoms with Crippen LogP contribution in [0.25, 0.3) is 43.9 Å². The molecule has 0 spiro atoms. The van der Waals surface area contributed by atoms with Crippen LogP contribution in [-0.2, 0) is 22.6 Å². The van der Waals surface area contributed by atoms with Crippen molar-refractivity contribution in [3.05, 3.63) is 89.5 Å². The maximum Gasteiger partial charge on any atom is 0.246 e. The van der Waals surface area contributed by atoms with Crippen LogP contribution in [0, 0.1) is 11.6 Å². The van der Waals surface area contributed by atoms with E-state index in [0.717, 1.165) is 39.0 Å². The lowest BCUT2D eigenvalue weighted by molar-refractivity contribution is -0.129. The zero-order valence-electron chi connectivity index (χ0n) is 24.4. The van der Waals surface area contributed by atoms with Gasteiger partial charge in [0.2, 0.25) is 11.8 Å². The number of methoxy groups -OCH3 is 1. The van der Waals surface area contributed by atoms with Gasteiger partial charge in [-0.1, -0.05) is 30.8 Å². The van der Waals surface area contributed by atoms with Gasteiger partial charge in [0.1, 0.15) is 28.8 Å². The third-order valence-electron chi connectivity index (χ3n) is 7.93. The molecule has 8 nitrogen and oxygen atoms in total. The van der Waals surface area contributed by atoms with Crippen LogP contribution in [0.5, 0.6) is 5.75 Å². The highest BCUT2D eigenvalue weighted by Gasteiger charge is 2.31. The number of likely N-dealkylation sites (N-methyl/N-ethyl adjacent to an activating group) is 1. The number of nitrogens with one attached hydrogen (secondary N) is 1. The molecule has 44 heavy (non-hydrogen) atoms. The van der Waals surface area contributed by atoms with Gasteiger partial charge in [-0.25, -0.2) is 13.8 Å². The maximum atomic E-state index is 15.7. The Morgan fingerprint density at radius 3 is 2.59 bits per heavy atom. The van der Waals surface area contributed by atoms with Crippen molar-refractivity contribution >= 4 is 33.2 Å². The molecule has 0 aliphatic carbocycles. The number of aromatic nitrogens is 3. The fourth-order valence-electron chi connectivity index (χ4n) is 5.71. The van der Waals surface area contributed by atoms with E-state index in [1.807, 2.05) is 53.4 Å². The summed E-state index contributed by atoms with van der Waals surface area (Å²) < 4.78 is 38.1. The standard InChI is InChI=1S/C33H29F2N5O3S/c1-5-28(42)39-11-12-40-25(18(39)2)17-24(38-40)32-30(29-23(35)15-21(34)16-26(29)43-4)33-22(10-13-44-33)31(37-32)20-8-6-19(7-9-20)14-27(41)36-3/h5-10,13,15-18H,1,11-12,14H2,2-4H3,(H,36,41). The Labute approximate surface area is 256 Å². The molecule has 2 amide bonds. The third-order valence-corrected chi connectivity index (χ3v) is 8.86. The molecule has 0 saturated heterocycles. The molecule has 11 heteroatoms. The van der Waals surface area contributed by atoms with E-state index in [4.69, 9.17) is 14.8 Å². The first-order valence-corrected chi connectivity index (χ1v) is 14.9. The van der Waals surface area contributed by atoms with Crippen molar-refractivity contribution in [3.8, 4) is 39.5 Å². The van der Waals surface area contributed by atoms with Gasteiger partial charge in [-0.2, -0.15) is 5.10 Å². The van der Waals surface area contributed by atoms with Gasteiger partial charge in [0, 0.05) is 46.9 Å². The summed E-state index contributed by atoms with van der Waals surface area (Å²) in [5.74, 6) is -1.78. The Bertz CT molecular complexity index is 1930. The normalized spacial score (nSPS) is 14.4. The Morgan fingerprint density at radius 2 is 1.89 bits per heavy atom. The first-order valence-electron chi connectivity index (χ1n) is 14.0. The Balaban J connectivity index is 1.60. The number of hydrogen-bond acceptors (Lipinski definition) is 6. The molecule has 1 atom stereocenters. The quantitative estimate of drug-likeness (QED) is 0.222. The molecule has 1 unspecified atom stereocenters. The zero-order chi connectivity index (χ0) is 31.1. The molecule has 0 fully saturated rings. The number of fused-ring (bicyclic) bond motifs is 2. The Hall–Kier alpha value is -4.90. The van der Waals surface area contributed by atoms with Gasteiger partial charge in [-0.15, -0.1) is 11.3 Å². The van der Waals surface area contributed by atoms with Gasteiger partial charge in [0.25, 0.3) is 0 Å². The van der Waals surface area contributed by atoms with Crippen molar-refractivity contribution in [2.75, 3.05) is 20.7 Å². The number of hydrogen-bond donors (Lipinski definition) is 1. The summed E-state index contributed by atoms with van der Waals surface area (Å²) in [6.07, 6.45) is 1.54. The van der Waals surface area contributed by atoms with Crippen LogP contribution in [0.2, 0.25) is 0 Å². The van der Waals surface area contributed by atoms with Gasteiger partial charge >= 0.3 is 0 Å². The first kappa shape index (κ1) is 29.2. The predicted octanol–water partition coefficient (Wildman–Crippen LogP) is 6.16. The molecule has 0 bridgehead atoms. The minimum absolute atomic E-state index is 0.0339. The molecular weight excluding hydrogens is 584 g/mol. The lowest BCUT2D eigenvalue weighted by Crippen LogP contribution is -2.40. The molecule has 5 aromatic rings. The number of benzene rings is 2. The average Bonchev–Trinajstić information content (AvgIpc) is 3.69. The van der Waals surface area contributed by atoms with Crippen LogP contribution >= 0.6 is 11.3 Å². The van der Waals surface area contributed by atoms with E-state index >= 15 is 4.39 Å². The third kappa shape index (κ3) is 5.02. The van der Waals surface area contributed by atoms with Crippen molar-refractivity contribution in [2.45, 2.75) is 25.9 Å².